The molecule has 1 radical (unpaired) electrons. The molecule has 0 aliphatic carbocycles. The number of carboxylic acids is 1. The van der Waals surface area contributed by atoms with Crippen LogP contribution in [0, 0.1) is 6.42 Å². The van der Waals surface area contributed by atoms with Gasteiger partial charge < -0.3 is 5.11 Å². The highest BCUT2D eigenvalue weighted by Crippen LogP contribution is 2.11. The van der Waals surface area contributed by atoms with E-state index in [1.54, 1.807) is 12.1 Å². The van der Waals surface area contributed by atoms with Gasteiger partial charge in [0.15, 0.2) is 5.78 Å². The molecule has 1 rings (SSSR count). The summed E-state index contributed by atoms with van der Waals surface area (Å²) < 4.78 is 0. The van der Waals surface area contributed by atoms with Crippen LogP contribution >= 0.6 is 0 Å². The Morgan fingerprint density at radius 2 is 1.86 bits per heavy atom. The average Bonchev–Trinajstić information content (AvgIpc) is 2.18. The summed E-state index contributed by atoms with van der Waals surface area (Å²) in [5.74, 6) is -1.30. The third kappa shape index (κ3) is 2.19. The highest BCUT2D eigenvalue weighted by Gasteiger charge is 2.14. The molecule has 3 nitrogen and oxygen atoms in total. The number of hydrogen-bond acceptors (Lipinski definition) is 2. The summed E-state index contributed by atoms with van der Waals surface area (Å²) >= 11 is 0. The molecule has 0 heterocycles. The zero-order valence-corrected chi connectivity index (χ0v) is 7.86. The standard InChI is InChI=1S/C11H11O3/c1-2-5-10(12)8-6-3-4-7-9(8)11(13)14/h3-7H,2H2,1H3,(H,13,14). The quantitative estimate of drug-likeness (QED) is 0.742. The van der Waals surface area contributed by atoms with Crippen molar-refractivity contribution in [2.24, 2.45) is 0 Å². The van der Waals surface area contributed by atoms with Crippen molar-refractivity contribution in [2.45, 2.75) is 13.3 Å². The molecule has 0 amide bonds. The molecule has 73 valence electrons. The van der Waals surface area contributed by atoms with Crippen LogP contribution in [0.5, 0.6) is 0 Å². The molecule has 0 aromatic heterocycles. The van der Waals surface area contributed by atoms with Crippen LogP contribution in [0.1, 0.15) is 34.1 Å². The number of Topliss-reactive ketones (excluding diaryl/α,β-unsaturated/α-hetero) is 1. The van der Waals surface area contributed by atoms with Crippen LogP contribution in [-0.4, -0.2) is 16.9 Å². The number of carbonyl (C=O) groups excluding carboxylic acids is 1. The van der Waals surface area contributed by atoms with Crippen molar-refractivity contribution in [1.82, 2.24) is 0 Å². The van der Waals surface area contributed by atoms with Gasteiger partial charge >= 0.3 is 5.97 Å². The van der Waals surface area contributed by atoms with Crippen LogP contribution in [0.4, 0.5) is 0 Å². The van der Waals surface area contributed by atoms with Gasteiger partial charge in [-0.25, -0.2) is 4.79 Å². The fourth-order valence-electron chi connectivity index (χ4n) is 1.18. The Kier molecular flexibility index (Phi) is 3.40. The summed E-state index contributed by atoms with van der Waals surface area (Å²) in [6.07, 6.45) is 2.08. The Morgan fingerprint density at radius 3 is 2.36 bits per heavy atom. The lowest BCUT2D eigenvalue weighted by atomic mass is 10.0. The van der Waals surface area contributed by atoms with Crippen LogP contribution in [0.3, 0.4) is 0 Å². The Labute approximate surface area is 82.4 Å². The predicted molar refractivity (Wildman–Crippen MR) is 52.3 cm³/mol. The summed E-state index contributed by atoms with van der Waals surface area (Å²) in [6, 6.07) is 6.21. The molecule has 0 bridgehead atoms. The van der Waals surface area contributed by atoms with Gasteiger partial charge in [0, 0.05) is 12.0 Å². The van der Waals surface area contributed by atoms with Crippen molar-refractivity contribution in [2.75, 3.05) is 0 Å². The molecular weight excluding hydrogens is 180 g/mol. The second kappa shape index (κ2) is 4.56. The van der Waals surface area contributed by atoms with E-state index in [1.807, 2.05) is 6.92 Å². The number of rotatable bonds is 4. The number of carboxylic acid groups (broad SMARTS) is 1. The smallest absolute Gasteiger partial charge is 0.336 e. The first-order valence-corrected chi connectivity index (χ1v) is 4.36. The third-order valence-corrected chi connectivity index (χ3v) is 1.81. The van der Waals surface area contributed by atoms with Crippen molar-refractivity contribution >= 4 is 11.8 Å². The molecule has 0 aliphatic heterocycles. The molecule has 0 fully saturated rings. The van der Waals surface area contributed by atoms with E-state index < -0.39 is 5.97 Å². The first-order valence-electron chi connectivity index (χ1n) is 4.36. The molecule has 0 aliphatic rings. The van der Waals surface area contributed by atoms with E-state index in [4.69, 9.17) is 5.11 Å². The van der Waals surface area contributed by atoms with Crippen LogP contribution < -0.4 is 0 Å². The number of carbonyl (C=O) groups is 2. The van der Waals surface area contributed by atoms with Crippen molar-refractivity contribution in [3.63, 3.8) is 0 Å². The zero-order chi connectivity index (χ0) is 10.6. The van der Waals surface area contributed by atoms with Gasteiger partial charge in [-0.15, -0.1) is 0 Å². The van der Waals surface area contributed by atoms with E-state index >= 15 is 0 Å². The van der Waals surface area contributed by atoms with Gasteiger partial charge in [0.1, 0.15) is 0 Å². The Bertz CT molecular complexity index is 355. The predicted octanol–water partition coefficient (Wildman–Crippen LogP) is 2.18. The van der Waals surface area contributed by atoms with E-state index in [9.17, 15) is 9.59 Å². The van der Waals surface area contributed by atoms with Crippen molar-refractivity contribution < 1.29 is 14.7 Å². The molecule has 1 N–H and O–H groups in total. The number of ketones is 1. The average molecular weight is 191 g/mol. The number of aromatic carboxylic acids is 1. The van der Waals surface area contributed by atoms with Gasteiger partial charge in [-0.1, -0.05) is 25.1 Å². The minimum absolute atomic E-state index is 0.0576. The minimum atomic E-state index is -1.07. The highest BCUT2D eigenvalue weighted by molar-refractivity contribution is 6.09. The summed E-state index contributed by atoms with van der Waals surface area (Å²) in [6.45, 7) is 1.83. The molecule has 3 heteroatoms. The largest absolute Gasteiger partial charge is 0.478 e. The van der Waals surface area contributed by atoms with Gasteiger partial charge in [0.2, 0.25) is 0 Å². The fraction of sp³-hybridized carbons (Fsp3) is 0.182. The lowest BCUT2D eigenvalue weighted by Crippen LogP contribution is -2.08. The molecule has 0 atom stereocenters. The van der Waals surface area contributed by atoms with Crippen molar-refractivity contribution in [1.29, 1.82) is 0 Å². The van der Waals surface area contributed by atoms with E-state index in [1.165, 1.54) is 18.6 Å². The molecule has 0 saturated heterocycles. The van der Waals surface area contributed by atoms with Crippen molar-refractivity contribution in [3.8, 4) is 0 Å². The van der Waals surface area contributed by atoms with Gasteiger partial charge in [-0.3, -0.25) is 4.79 Å². The van der Waals surface area contributed by atoms with Crippen LogP contribution in [0.15, 0.2) is 24.3 Å². The molecule has 0 spiro atoms. The van der Waals surface area contributed by atoms with E-state index in [2.05, 4.69) is 0 Å². The second-order valence-corrected chi connectivity index (χ2v) is 2.83. The normalized spacial score (nSPS) is 9.79. The van der Waals surface area contributed by atoms with Crippen LogP contribution in [0.2, 0.25) is 0 Å². The number of hydrogen-bond donors (Lipinski definition) is 1. The maximum absolute atomic E-state index is 11.5. The molecule has 0 saturated carbocycles. The topological polar surface area (TPSA) is 54.4 Å². The highest BCUT2D eigenvalue weighted by atomic mass is 16.4. The Morgan fingerprint density at radius 1 is 1.29 bits per heavy atom. The zero-order valence-electron chi connectivity index (χ0n) is 7.86. The molecular formula is C11H11O3. The van der Waals surface area contributed by atoms with E-state index in [-0.39, 0.29) is 16.9 Å². The Hall–Kier alpha value is -1.64. The van der Waals surface area contributed by atoms with Crippen LogP contribution in [0.25, 0.3) is 0 Å². The van der Waals surface area contributed by atoms with Gasteiger partial charge in [0.05, 0.1) is 5.56 Å². The summed E-state index contributed by atoms with van der Waals surface area (Å²) in [4.78, 5) is 22.2. The van der Waals surface area contributed by atoms with Crippen molar-refractivity contribution in [3.05, 3.63) is 41.8 Å². The Balaban J connectivity index is 3.07. The SMILES string of the molecule is CC[CH]C(=O)c1ccccc1C(=O)O. The maximum atomic E-state index is 11.5. The maximum Gasteiger partial charge on any atom is 0.336 e. The third-order valence-electron chi connectivity index (χ3n) is 1.81. The minimum Gasteiger partial charge on any atom is -0.478 e. The second-order valence-electron chi connectivity index (χ2n) is 2.83. The summed E-state index contributed by atoms with van der Waals surface area (Å²) in [5, 5.41) is 8.82. The lowest BCUT2D eigenvalue weighted by molar-refractivity contribution is 0.0692. The van der Waals surface area contributed by atoms with E-state index in [0.717, 1.165) is 0 Å². The summed E-state index contributed by atoms with van der Waals surface area (Å²) in [7, 11) is 0. The fourth-order valence-corrected chi connectivity index (χ4v) is 1.18. The number of benzene rings is 1. The first-order chi connectivity index (χ1) is 6.66. The van der Waals surface area contributed by atoms with Gasteiger partial charge in [0.25, 0.3) is 0 Å². The molecule has 14 heavy (non-hydrogen) atoms. The van der Waals surface area contributed by atoms with Crippen LogP contribution in [-0.2, 0) is 0 Å². The molecule has 1 aromatic carbocycles. The lowest BCUT2D eigenvalue weighted by Gasteiger charge is -2.02. The first kappa shape index (κ1) is 10.4. The van der Waals surface area contributed by atoms with Gasteiger partial charge in [-0.2, -0.15) is 0 Å². The van der Waals surface area contributed by atoms with Gasteiger partial charge in [-0.05, 0) is 12.5 Å². The summed E-state index contributed by atoms with van der Waals surface area (Å²) in [5.41, 5.74) is 0.309. The van der Waals surface area contributed by atoms with E-state index in [0.29, 0.717) is 6.42 Å². The molecule has 0 unspecified atom stereocenters. The molecule has 1 aromatic rings. The monoisotopic (exact) mass is 191 g/mol.